The summed E-state index contributed by atoms with van der Waals surface area (Å²) >= 11 is 12.1. The highest BCUT2D eigenvalue weighted by Crippen LogP contribution is 2.29. The Balaban J connectivity index is 1.91. The van der Waals surface area contributed by atoms with Gasteiger partial charge in [0.05, 0.1) is 27.7 Å². The summed E-state index contributed by atoms with van der Waals surface area (Å²) in [6, 6.07) is 11.4. The Morgan fingerprint density at radius 2 is 1.95 bits per heavy atom. The number of nitrogens with zero attached hydrogens (tertiary/aromatic N) is 1. The number of halogens is 2. The number of aromatic nitrogens is 2. The van der Waals surface area contributed by atoms with Gasteiger partial charge in [0.25, 0.3) is 0 Å². The number of fused-ring (bicyclic) bond motifs is 1. The summed E-state index contributed by atoms with van der Waals surface area (Å²) in [5, 5.41) is 1.02. The van der Waals surface area contributed by atoms with Crippen LogP contribution in [0.5, 0.6) is 5.75 Å². The zero-order valence-corrected chi connectivity index (χ0v) is 13.7. The second-order valence-electron chi connectivity index (χ2n) is 5.10. The first kappa shape index (κ1) is 15.2. The Labute approximate surface area is 139 Å². The van der Waals surface area contributed by atoms with E-state index in [1.807, 2.05) is 24.3 Å². The van der Waals surface area contributed by atoms with Crippen LogP contribution in [0.25, 0.3) is 22.4 Å². The van der Waals surface area contributed by atoms with Gasteiger partial charge in [-0.25, -0.2) is 4.98 Å². The average molecular weight is 335 g/mol. The van der Waals surface area contributed by atoms with Gasteiger partial charge in [-0.1, -0.05) is 48.7 Å². The van der Waals surface area contributed by atoms with Crippen molar-refractivity contribution in [2.24, 2.45) is 0 Å². The highest BCUT2D eigenvalue weighted by Gasteiger charge is 2.09. The Hall–Kier alpha value is -1.71. The zero-order valence-electron chi connectivity index (χ0n) is 12.2. The van der Waals surface area contributed by atoms with E-state index < -0.39 is 0 Å². The minimum atomic E-state index is 0.504. The number of nitrogens with one attached hydrogen (secondary N) is 1. The maximum atomic E-state index is 6.04. The van der Waals surface area contributed by atoms with E-state index in [-0.39, 0.29) is 0 Å². The molecule has 0 aliphatic rings. The standard InChI is InChI=1S/C17H16Cl2N2O/c1-2-3-7-22-12-6-4-5-11(8-12)17-20-15-9-13(18)14(19)10-16(15)21-17/h4-6,8-10H,2-3,7H2,1H3,(H,20,21). The summed E-state index contributed by atoms with van der Waals surface area (Å²) in [6.07, 6.45) is 2.16. The molecule has 3 nitrogen and oxygen atoms in total. The molecule has 114 valence electrons. The van der Waals surface area contributed by atoms with E-state index in [0.717, 1.165) is 47.6 Å². The first-order valence-electron chi connectivity index (χ1n) is 7.25. The fourth-order valence-electron chi connectivity index (χ4n) is 2.21. The van der Waals surface area contributed by atoms with Gasteiger partial charge < -0.3 is 9.72 Å². The molecule has 1 heterocycles. The molecular formula is C17H16Cl2N2O. The molecule has 1 aromatic heterocycles. The molecule has 0 unspecified atom stereocenters. The molecule has 0 bridgehead atoms. The number of hydrogen-bond donors (Lipinski definition) is 1. The van der Waals surface area contributed by atoms with Crippen molar-refractivity contribution in [1.29, 1.82) is 0 Å². The molecule has 0 saturated heterocycles. The van der Waals surface area contributed by atoms with Gasteiger partial charge in [-0.05, 0) is 30.7 Å². The summed E-state index contributed by atoms with van der Waals surface area (Å²) in [7, 11) is 0. The van der Waals surface area contributed by atoms with Crippen molar-refractivity contribution >= 4 is 34.2 Å². The predicted octanol–water partition coefficient (Wildman–Crippen LogP) is 5.72. The van der Waals surface area contributed by atoms with Crippen LogP contribution in [0.3, 0.4) is 0 Å². The lowest BCUT2D eigenvalue weighted by Crippen LogP contribution is -1.96. The highest BCUT2D eigenvalue weighted by atomic mass is 35.5. The molecule has 3 rings (SSSR count). The molecule has 1 N–H and O–H groups in total. The van der Waals surface area contributed by atoms with Gasteiger partial charge in [0.15, 0.2) is 0 Å². The molecule has 3 aromatic rings. The third-order valence-electron chi connectivity index (χ3n) is 3.40. The van der Waals surface area contributed by atoms with Gasteiger partial charge in [-0.15, -0.1) is 0 Å². The molecule has 0 atom stereocenters. The van der Waals surface area contributed by atoms with Crippen LogP contribution in [0.1, 0.15) is 19.8 Å². The number of rotatable bonds is 5. The summed E-state index contributed by atoms with van der Waals surface area (Å²) in [6.45, 7) is 2.87. The van der Waals surface area contributed by atoms with Crippen molar-refractivity contribution in [1.82, 2.24) is 9.97 Å². The molecule has 0 saturated carbocycles. The lowest BCUT2D eigenvalue weighted by atomic mass is 10.2. The van der Waals surface area contributed by atoms with Gasteiger partial charge in [-0.2, -0.15) is 0 Å². The van der Waals surface area contributed by atoms with E-state index in [1.165, 1.54) is 0 Å². The van der Waals surface area contributed by atoms with Crippen molar-refractivity contribution in [3.05, 3.63) is 46.4 Å². The zero-order chi connectivity index (χ0) is 15.5. The van der Waals surface area contributed by atoms with E-state index in [4.69, 9.17) is 27.9 Å². The predicted molar refractivity (Wildman–Crippen MR) is 92.0 cm³/mol. The number of hydrogen-bond acceptors (Lipinski definition) is 2. The molecule has 0 aliphatic carbocycles. The third-order valence-corrected chi connectivity index (χ3v) is 4.12. The number of unbranched alkanes of at least 4 members (excludes halogenated alkanes) is 1. The van der Waals surface area contributed by atoms with Crippen molar-refractivity contribution < 1.29 is 4.74 Å². The molecule has 0 fully saturated rings. The fourth-order valence-corrected chi connectivity index (χ4v) is 2.53. The highest BCUT2D eigenvalue weighted by molar-refractivity contribution is 6.42. The SMILES string of the molecule is CCCCOc1cccc(-c2nc3cc(Cl)c(Cl)cc3[nH]2)c1. The first-order valence-corrected chi connectivity index (χ1v) is 8.01. The molecule has 5 heteroatoms. The van der Waals surface area contributed by atoms with Crippen LogP contribution in [0, 0.1) is 0 Å². The topological polar surface area (TPSA) is 37.9 Å². The van der Waals surface area contributed by atoms with Crippen LogP contribution >= 0.6 is 23.2 Å². The Morgan fingerprint density at radius 1 is 1.14 bits per heavy atom. The lowest BCUT2D eigenvalue weighted by Gasteiger charge is -2.06. The molecule has 0 spiro atoms. The number of ether oxygens (including phenoxy) is 1. The van der Waals surface area contributed by atoms with Gasteiger partial charge >= 0.3 is 0 Å². The van der Waals surface area contributed by atoms with Gasteiger partial charge in [0.2, 0.25) is 0 Å². The summed E-state index contributed by atoms with van der Waals surface area (Å²) in [5.41, 5.74) is 2.63. The molecule has 22 heavy (non-hydrogen) atoms. The Kier molecular flexibility index (Phi) is 4.55. The van der Waals surface area contributed by atoms with Crippen molar-refractivity contribution in [3.8, 4) is 17.1 Å². The maximum absolute atomic E-state index is 6.04. The lowest BCUT2D eigenvalue weighted by molar-refractivity contribution is 0.309. The van der Waals surface area contributed by atoms with Gasteiger partial charge in [-0.3, -0.25) is 0 Å². The minimum absolute atomic E-state index is 0.504. The van der Waals surface area contributed by atoms with Gasteiger partial charge in [0, 0.05) is 5.56 Å². The fraction of sp³-hybridized carbons (Fsp3) is 0.235. The summed E-state index contributed by atoms with van der Waals surface area (Å²) in [4.78, 5) is 7.83. The number of benzene rings is 2. The second-order valence-corrected chi connectivity index (χ2v) is 5.91. The molecular weight excluding hydrogens is 319 g/mol. The van der Waals surface area contributed by atoms with E-state index in [1.54, 1.807) is 12.1 Å². The van der Waals surface area contributed by atoms with Crippen LogP contribution in [0.15, 0.2) is 36.4 Å². The van der Waals surface area contributed by atoms with Crippen molar-refractivity contribution in [3.63, 3.8) is 0 Å². The number of imidazole rings is 1. The third kappa shape index (κ3) is 3.21. The van der Waals surface area contributed by atoms with E-state index >= 15 is 0 Å². The van der Waals surface area contributed by atoms with Crippen LogP contribution in [0.4, 0.5) is 0 Å². The first-order chi connectivity index (χ1) is 10.7. The quantitative estimate of drug-likeness (QED) is 0.606. The summed E-state index contributed by atoms with van der Waals surface area (Å²) in [5.74, 6) is 1.62. The maximum Gasteiger partial charge on any atom is 0.138 e. The van der Waals surface area contributed by atoms with E-state index in [9.17, 15) is 0 Å². The average Bonchev–Trinajstić information content (AvgIpc) is 2.91. The van der Waals surface area contributed by atoms with Crippen molar-refractivity contribution in [2.75, 3.05) is 6.61 Å². The molecule has 0 radical (unpaired) electrons. The van der Waals surface area contributed by atoms with Crippen molar-refractivity contribution in [2.45, 2.75) is 19.8 Å². The molecule has 2 aromatic carbocycles. The molecule has 0 aliphatic heterocycles. The second kappa shape index (κ2) is 6.59. The Morgan fingerprint density at radius 3 is 2.77 bits per heavy atom. The number of H-pyrrole nitrogens is 1. The van der Waals surface area contributed by atoms with E-state index in [0.29, 0.717) is 10.0 Å². The smallest absolute Gasteiger partial charge is 0.138 e. The van der Waals surface area contributed by atoms with Gasteiger partial charge in [0.1, 0.15) is 11.6 Å². The normalized spacial score (nSPS) is 11.0. The van der Waals surface area contributed by atoms with Crippen LogP contribution in [0.2, 0.25) is 10.0 Å². The monoisotopic (exact) mass is 334 g/mol. The van der Waals surface area contributed by atoms with Crippen LogP contribution in [-0.2, 0) is 0 Å². The number of aromatic amines is 1. The van der Waals surface area contributed by atoms with Crippen LogP contribution in [-0.4, -0.2) is 16.6 Å². The Bertz CT molecular complexity index is 759. The molecule has 0 amide bonds. The summed E-state index contributed by atoms with van der Waals surface area (Å²) < 4.78 is 5.74. The largest absolute Gasteiger partial charge is 0.494 e. The van der Waals surface area contributed by atoms with Crippen LogP contribution < -0.4 is 4.74 Å². The minimum Gasteiger partial charge on any atom is -0.494 e. The van der Waals surface area contributed by atoms with E-state index in [2.05, 4.69) is 16.9 Å².